The van der Waals surface area contributed by atoms with Gasteiger partial charge in [-0.25, -0.2) is 4.98 Å². The normalized spacial score (nSPS) is 15.3. The molecule has 2 aromatic rings. The first kappa shape index (κ1) is 17.9. The first-order chi connectivity index (χ1) is 10.6. The Morgan fingerprint density at radius 2 is 1.96 bits per heavy atom. The van der Waals surface area contributed by atoms with Crippen LogP contribution in [0.1, 0.15) is 26.6 Å². The summed E-state index contributed by atoms with van der Waals surface area (Å²) in [7, 11) is 0. The largest absolute Gasteiger partial charge is 0.336 e. The molecule has 0 aliphatic carbocycles. The maximum absolute atomic E-state index is 12.5. The third-order valence-corrected chi connectivity index (χ3v) is 4.90. The molecule has 0 unspecified atom stereocenters. The van der Waals surface area contributed by atoms with Crippen molar-refractivity contribution >= 4 is 29.7 Å². The number of benzene rings is 1. The molecule has 124 valence electrons. The number of halogens is 1. The van der Waals surface area contributed by atoms with Crippen LogP contribution in [0.25, 0.3) is 0 Å². The van der Waals surface area contributed by atoms with Gasteiger partial charge in [0.25, 0.3) is 5.91 Å². The molecule has 1 aliphatic heterocycles. The topological polar surface area (TPSA) is 36.4 Å². The molecular weight excluding hydrogens is 330 g/mol. The number of rotatable bonds is 3. The van der Waals surface area contributed by atoms with Gasteiger partial charge in [-0.1, -0.05) is 17.7 Å². The van der Waals surface area contributed by atoms with Crippen molar-refractivity contribution in [2.75, 3.05) is 26.2 Å². The number of hydrogen-bond donors (Lipinski definition) is 0. The fourth-order valence-corrected chi connectivity index (χ4v) is 3.55. The van der Waals surface area contributed by atoms with Crippen LogP contribution in [0, 0.1) is 13.8 Å². The summed E-state index contributed by atoms with van der Waals surface area (Å²) in [5.41, 5.74) is 3.01. The van der Waals surface area contributed by atoms with E-state index >= 15 is 0 Å². The molecule has 1 aromatic carbocycles. The van der Waals surface area contributed by atoms with Crippen LogP contribution < -0.4 is 0 Å². The molecule has 23 heavy (non-hydrogen) atoms. The molecule has 1 saturated heterocycles. The van der Waals surface area contributed by atoms with E-state index in [1.165, 1.54) is 0 Å². The van der Waals surface area contributed by atoms with E-state index in [1.807, 2.05) is 43.0 Å². The number of carbonyl (C=O) groups is 1. The summed E-state index contributed by atoms with van der Waals surface area (Å²) >= 11 is 1.72. The molecule has 3 rings (SSSR count). The average molecular weight is 352 g/mol. The highest BCUT2D eigenvalue weighted by molar-refractivity contribution is 7.09. The third kappa shape index (κ3) is 4.53. The first-order valence-corrected chi connectivity index (χ1v) is 8.49. The predicted octanol–water partition coefficient (Wildman–Crippen LogP) is 3.14. The highest BCUT2D eigenvalue weighted by atomic mass is 35.5. The average Bonchev–Trinajstić information content (AvgIpc) is 2.92. The Kier molecular flexibility index (Phi) is 6.16. The van der Waals surface area contributed by atoms with Gasteiger partial charge >= 0.3 is 0 Å². The third-order valence-electron chi connectivity index (χ3n) is 3.95. The van der Waals surface area contributed by atoms with E-state index in [9.17, 15) is 4.79 Å². The minimum Gasteiger partial charge on any atom is -0.336 e. The molecule has 0 bridgehead atoms. The smallest absolute Gasteiger partial charge is 0.253 e. The molecular formula is C17H22ClN3OS. The molecule has 1 aliphatic rings. The summed E-state index contributed by atoms with van der Waals surface area (Å²) < 4.78 is 0. The lowest BCUT2D eigenvalue weighted by atomic mass is 10.1. The van der Waals surface area contributed by atoms with Gasteiger partial charge in [-0.05, 0) is 26.0 Å². The molecule has 6 heteroatoms. The van der Waals surface area contributed by atoms with E-state index in [2.05, 4.69) is 15.3 Å². The minimum absolute atomic E-state index is 0. The Balaban J connectivity index is 0.00000192. The van der Waals surface area contributed by atoms with Gasteiger partial charge in [-0.3, -0.25) is 9.69 Å². The van der Waals surface area contributed by atoms with E-state index in [-0.39, 0.29) is 18.3 Å². The molecule has 4 nitrogen and oxygen atoms in total. The quantitative estimate of drug-likeness (QED) is 0.852. The van der Waals surface area contributed by atoms with Gasteiger partial charge in [-0.15, -0.1) is 23.7 Å². The van der Waals surface area contributed by atoms with Gasteiger partial charge in [0.2, 0.25) is 0 Å². The van der Waals surface area contributed by atoms with E-state index in [4.69, 9.17) is 0 Å². The number of amides is 1. The molecule has 0 N–H and O–H groups in total. The van der Waals surface area contributed by atoms with Crippen molar-refractivity contribution in [2.45, 2.75) is 20.4 Å². The molecule has 2 heterocycles. The Hall–Kier alpha value is -1.43. The van der Waals surface area contributed by atoms with Crippen LogP contribution in [-0.2, 0) is 6.54 Å². The number of aryl methyl sites for hydroxylation is 2. The van der Waals surface area contributed by atoms with Crippen molar-refractivity contribution in [2.24, 2.45) is 0 Å². The Labute approximate surface area is 147 Å². The van der Waals surface area contributed by atoms with Crippen LogP contribution in [0.2, 0.25) is 0 Å². The number of thiazole rings is 1. The molecule has 0 atom stereocenters. The summed E-state index contributed by atoms with van der Waals surface area (Å²) in [5.74, 6) is 0.147. The zero-order valence-corrected chi connectivity index (χ0v) is 15.1. The van der Waals surface area contributed by atoms with E-state index in [1.54, 1.807) is 11.3 Å². The molecule has 1 fully saturated rings. The van der Waals surface area contributed by atoms with Crippen molar-refractivity contribution in [1.82, 2.24) is 14.8 Å². The van der Waals surface area contributed by atoms with Crippen LogP contribution in [0.3, 0.4) is 0 Å². The minimum atomic E-state index is 0. The predicted molar refractivity (Wildman–Crippen MR) is 96.5 cm³/mol. The number of nitrogens with zero attached hydrogens (tertiary/aromatic N) is 3. The summed E-state index contributed by atoms with van der Waals surface area (Å²) in [6.07, 6.45) is 0. The molecule has 0 saturated carbocycles. The lowest BCUT2D eigenvalue weighted by molar-refractivity contribution is 0.0628. The van der Waals surface area contributed by atoms with Crippen LogP contribution in [0.5, 0.6) is 0 Å². The van der Waals surface area contributed by atoms with E-state index in [0.29, 0.717) is 0 Å². The number of piperazine rings is 1. The van der Waals surface area contributed by atoms with Crippen molar-refractivity contribution in [3.8, 4) is 0 Å². The lowest BCUT2D eigenvalue weighted by Crippen LogP contribution is -2.48. The van der Waals surface area contributed by atoms with E-state index < -0.39 is 0 Å². The maximum Gasteiger partial charge on any atom is 0.253 e. The van der Waals surface area contributed by atoms with Gasteiger partial charge in [0.05, 0.1) is 6.54 Å². The van der Waals surface area contributed by atoms with Crippen molar-refractivity contribution in [3.05, 3.63) is 51.5 Å². The Morgan fingerprint density at radius 1 is 1.22 bits per heavy atom. The maximum atomic E-state index is 12.5. The highest BCUT2D eigenvalue weighted by Crippen LogP contribution is 2.15. The Morgan fingerprint density at radius 3 is 2.57 bits per heavy atom. The summed E-state index contributed by atoms with van der Waals surface area (Å²) in [5, 5.41) is 3.25. The van der Waals surface area contributed by atoms with Crippen molar-refractivity contribution in [3.63, 3.8) is 0 Å². The van der Waals surface area contributed by atoms with Crippen LogP contribution in [0.4, 0.5) is 0 Å². The Bertz CT molecular complexity index is 665. The van der Waals surface area contributed by atoms with Crippen LogP contribution in [0.15, 0.2) is 29.6 Å². The SMILES string of the molecule is Cc1cccc(C(=O)N2CCN(Cc3nc(C)cs3)CC2)c1.Cl. The summed E-state index contributed by atoms with van der Waals surface area (Å²) in [6.45, 7) is 8.34. The van der Waals surface area contributed by atoms with Crippen LogP contribution >= 0.6 is 23.7 Å². The van der Waals surface area contributed by atoms with Gasteiger partial charge in [0.15, 0.2) is 0 Å². The summed E-state index contributed by atoms with van der Waals surface area (Å²) in [4.78, 5) is 21.4. The molecule has 1 amide bonds. The molecule has 1 aromatic heterocycles. The zero-order chi connectivity index (χ0) is 15.5. The fraction of sp³-hybridized carbons (Fsp3) is 0.412. The van der Waals surface area contributed by atoms with Gasteiger partial charge in [-0.2, -0.15) is 0 Å². The number of aromatic nitrogens is 1. The van der Waals surface area contributed by atoms with Gasteiger partial charge < -0.3 is 4.90 Å². The fourth-order valence-electron chi connectivity index (χ4n) is 2.74. The van der Waals surface area contributed by atoms with Crippen LogP contribution in [-0.4, -0.2) is 46.9 Å². The van der Waals surface area contributed by atoms with Crippen molar-refractivity contribution in [1.29, 1.82) is 0 Å². The zero-order valence-electron chi connectivity index (χ0n) is 13.5. The molecule has 0 radical (unpaired) electrons. The second-order valence-corrected chi connectivity index (χ2v) is 6.76. The second kappa shape index (κ2) is 7.90. The number of carbonyl (C=O) groups excluding carboxylic acids is 1. The molecule has 0 spiro atoms. The van der Waals surface area contributed by atoms with E-state index in [0.717, 1.165) is 54.6 Å². The van der Waals surface area contributed by atoms with Gasteiger partial charge in [0.1, 0.15) is 5.01 Å². The summed E-state index contributed by atoms with van der Waals surface area (Å²) in [6, 6.07) is 7.83. The second-order valence-electron chi connectivity index (χ2n) is 5.82. The first-order valence-electron chi connectivity index (χ1n) is 7.61. The monoisotopic (exact) mass is 351 g/mol. The van der Waals surface area contributed by atoms with Gasteiger partial charge in [0, 0.05) is 42.8 Å². The number of hydrogen-bond acceptors (Lipinski definition) is 4. The highest BCUT2D eigenvalue weighted by Gasteiger charge is 2.22. The standard InChI is InChI=1S/C17H21N3OS.ClH/c1-13-4-3-5-15(10-13)17(21)20-8-6-19(7-9-20)11-16-18-14(2)12-22-16;/h3-5,10,12H,6-9,11H2,1-2H3;1H. The lowest BCUT2D eigenvalue weighted by Gasteiger charge is -2.34. The van der Waals surface area contributed by atoms with Crippen molar-refractivity contribution < 1.29 is 4.79 Å².